The Labute approximate surface area is 112 Å². The van der Waals surface area contributed by atoms with Crippen LogP contribution < -0.4 is 5.32 Å². The van der Waals surface area contributed by atoms with E-state index in [1.54, 1.807) is 0 Å². The minimum atomic E-state index is 0.611. The lowest BCUT2D eigenvalue weighted by atomic mass is 10.00. The van der Waals surface area contributed by atoms with Gasteiger partial charge in [0, 0.05) is 19.6 Å². The van der Waals surface area contributed by atoms with Gasteiger partial charge in [-0.3, -0.25) is 4.68 Å². The maximum absolute atomic E-state index is 4.42. The molecular formula is C13H22BrN3. The highest BCUT2D eigenvalue weighted by atomic mass is 79.9. The van der Waals surface area contributed by atoms with Crippen molar-refractivity contribution in [1.82, 2.24) is 15.1 Å². The lowest BCUT2D eigenvalue weighted by Crippen LogP contribution is -2.32. The lowest BCUT2D eigenvalue weighted by Gasteiger charge is -2.20. The molecule has 0 spiro atoms. The van der Waals surface area contributed by atoms with Crippen molar-refractivity contribution in [2.24, 2.45) is 13.0 Å². The summed E-state index contributed by atoms with van der Waals surface area (Å²) in [6.07, 6.45) is 5.59. The van der Waals surface area contributed by atoms with E-state index in [-0.39, 0.29) is 0 Å². The number of hydrogen-bond acceptors (Lipinski definition) is 2. The average Bonchev–Trinajstić information content (AvgIpc) is 2.88. The Balaban J connectivity index is 1.92. The van der Waals surface area contributed by atoms with Crippen molar-refractivity contribution < 1.29 is 0 Å². The van der Waals surface area contributed by atoms with Gasteiger partial charge in [0.25, 0.3) is 0 Å². The Kier molecular flexibility index (Phi) is 4.26. The van der Waals surface area contributed by atoms with Gasteiger partial charge in [-0.15, -0.1) is 0 Å². The van der Waals surface area contributed by atoms with E-state index in [0.717, 1.165) is 22.6 Å². The van der Waals surface area contributed by atoms with E-state index >= 15 is 0 Å². The van der Waals surface area contributed by atoms with Crippen molar-refractivity contribution in [3.63, 3.8) is 0 Å². The molecule has 2 rings (SSSR count). The van der Waals surface area contributed by atoms with Gasteiger partial charge < -0.3 is 5.32 Å². The molecule has 1 aliphatic rings. The fourth-order valence-corrected chi connectivity index (χ4v) is 3.23. The SMILES string of the molecule is Cc1nn(C)c(CNC(C)C2CCCC2)c1Br. The highest BCUT2D eigenvalue weighted by molar-refractivity contribution is 9.10. The molecular weight excluding hydrogens is 278 g/mol. The van der Waals surface area contributed by atoms with Crippen LogP contribution in [-0.4, -0.2) is 15.8 Å². The third kappa shape index (κ3) is 2.91. The van der Waals surface area contributed by atoms with Crippen LogP contribution >= 0.6 is 15.9 Å². The van der Waals surface area contributed by atoms with Gasteiger partial charge in [-0.1, -0.05) is 12.8 Å². The van der Waals surface area contributed by atoms with Crippen molar-refractivity contribution >= 4 is 15.9 Å². The Morgan fingerprint density at radius 2 is 2.12 bits per heavy atom. The van der Waals surface area contributed by atoms with Crippen LogP contribution in [0.25, 0.3) is 0 Å². The van der Waals surface area contributed by atoms with Crippen molar-refractivity contribution in [3.05, 3.63) is 15.9 Å². The molecule has 0 aliphatic heterocycles. The second kappa shape index (κ2) is 5.53. The molecule has 1 saturated carbocycles. The second-order valence-corrected chi connectivity index (χ2v) is 5.98. The van der Waals surface area contributed by atoms with Gasteiger partial charge in [-0.25, -0.2) is 0 Å². The molecule has 1 N–H and O–H groups in total. The Hall–Kier alpha value is -0.350. The molecule has 96 valence electrons. The van der Waals surface area contributed by atoms with Crippen LogP contribution in [0.2, 0.25) is 0 Å². The van der Waals surface area contributed by atoms with Gasteiger partial charge >= 0.3 is 0 Å². The third-order valence-electron chi connectivity index (χ3n) is 3.96. The zero-order valence-electron chi connectivity index (χ0n) is 11.0. The number of halogens is 1. The first kappa shape index (κ1) is 13.1. The summed E-state index contributed by atoms with van der Waals surface area (Å²) in [6.45, 7) is 5.25. The maximum atomic E-state index is 4.42. The van der Waals surface area contributed by atoms with Crippen molar-refractivity contribution in [3.8, 4) is 0 Å². The van der Waals surface area contributed by atoms with Crippen LogP contribution in [0, 0.1) is 12.8 Å². The van der Waals surface area contributed by atoms with Gasteiger partial charge in [-0.2, -0.15) is 5.10 Å². The molecule has 1 aromatic rings. The quantitative estimate of drug-likeness (QED) is 0.925. The number of aryl methyl sites for hydroxylation is 2. The number of nitrogens with zero attached hydrogens (tertiary/aromatic N) is 2. The van der Waals surface area contributed by atoms with Crippen LogP contribution in [0.4, 0.5) is 0 Å². The van der Waals surface area contributed by atoms with Gasteiger partial charge in [0.1, 0.15) is 0 Å². The van der Waals surface area contributed by atoms with Gasteiger partial charge in [0.05, 0.1) is 15.9 Å². The number of hydrogen-bond donors (Lipinski definition) is 1. The Morgan fingerprint density at radius 3 is 2.65 bits per heavy atom. The summed E-state index contributed by atoms with van der Waals surface area (Å²) in [5, 5.41) is 8.06. The normalized spacial score (nSPS) is 18.8. The molecule has 1 unspecified atom stereocenters. The molecule has 0 bridgehead atoms. The van der Waals surface area contributed by atoms with Crippen LogP contribution in [-0.2, 0) is 13.6 Å². The van der Waals surface area contributed by atoms with E-state index in [1.165, 1.54) is 31.4 Å². The van der Waals surface area contributed by atoms with Crippen LogP contribution in [0.3, 0.4) is 0 Å². The molecule has 17 heavy (non-hydrogen) atoms. The summed E-state index contributed by atoms with van der Waals surface area (Å²) >= 11 is 3.61. The first-order valence-electron chi connectivity index (χ1n) is 6.51. The predicted octanol–water partition coefficient (Wildman–Crippen LogP) is 3.16. The van der Waals surface area contributed by atoms with Gasteiger partial charge in [0.2, 0.25) is 0 Å². The standard InChI is InChI=1S/C13H22BrN3/c1-9(11-6-4-5-7-11)15-8-12-13(14)10(2)16-17(12)3/h9,11,15H,4-8H2,1-3H3. The number of aromatic nitrogens is 2. The van der Waals surface area contributed by atoms with Crippen LogP contribution in [0.15, 0.2) is 4.47 Å². The first-order valence-corrected chi connectivity index (χ1v) is 7.30. The average molecular weight is 300 g/mol. The van der Waals surface area contributed by atoms with E-state index in [2.05, 4.69) is 33.3 Å². The van der Waals surface area contributed by atoms with E-state index in [4.69, 9.17) is 0 Å². The van der Waals surface area contributed by atoms with Crippen molar-refractivity contribution in [2.45, 2.75) is 52.1 Å². The number of nitrogens with one attached hydrogen (secondary N) is 1. The number of rotatable bonds is 4. The van der Waals surface area contributed by atoms with E-state index < -0.39 is 0 Å². The molecule has 0 saturated heterocycles. The summed E-state index contributed by atoms with van der Waals surface area (Å²) in [6, 6.07) is 0.611. The molecule has 1 aliphatic carbocycles. The molecule has 0 radical (unpaired) electrons. The Bertz CT molecular complexity index is 380. The molecule has 1 atom stereocenters. The molecule has 4 heteroatoms. The van der Waals surface area contributed by atoms with Gasteiger partial charge in [0.15, 0.2) is 0 Å². The third-order valence-corrected chi connectivity index (χ3v) is 4.99. The van der Waals surface area contributed by atoms with Crippen molar-refractivity contribution in [1.29, 1.82) is 0 Å². The Morgan fingerprint density at radius 1 is 1.47 bits per heavy atom. The highest BCUT2D eigenvalue weighted by Crippen LogP contribution is 2.28. The first-order chi connectivity index (χ1) is 8.09. The topological polar surface area (TPSA) is 29.9 Å². The second-order valence-electron chi connectivity index (χ2n) is 5.18. The molecule has 1 fully saturated rings. The largest absolute Gasteiger partial charge is 0.308 e. The summed E-state index contributed by atoms with van der Waals surface area (Å²) in [4.78, 5) is 0. The van der Waals surface area contributed by atoms with E-state index in [0.29, 0.717) is 6.04 Å². The van der Waals surface area contributed by atoms with Crippen molar-refractivity contribution in [2.75, 3.05) is 0 Å². The molecule has 3 nitrogen and oxygen atoms in total. The minimum absolute atomic E-state index is 0.611. The smallest absolute Gasteiger partial charge is 0.0739 e. The van der Waals surface area contributed by atoms with Crippen LogP contribution in [0.1, 0.15) is 44.0 Å². The maximum Gasteiger partial charge on any atom is 0.0739 e. The van der Waals surface area contributed by atoms with Crippen LogP contribution in [0.5, 0.6) is 0 Å². The summed E-state index contributed by atoms with van der Waals surface area (Å²) < 4.78 is 3.11. The highest BCUT2D eigenvalue weighted by Gasteiger charge is 2.21. The molecule has 0 aromatic carbocycles. The zero-order chi connectivity index (χ0) is 12.4. The summed E-state index contributed by atoms with van der Waals surface area (Å²) in [7, 11) is 2.01. The fraction of sp³-hybridized carbons (Fsp3) is 0.769. The fourth-order valence-electron chi connectivity index (χ4n) is 2.75. The van der Waals surface area contributed by atoms with E-state index in [1.807, 2.05) is 18.7 Å². The lowest BCUT2D eigenvalue weighted by molar-refractivity contribution is 0.376. The molecule has 0 amide bonds. The van der Waals surface area contributed by atoms with E-state index in [9.17, 15) is 0 Å². The summed E-state index contributed by atoms with van der Waals surface area (Å²) in [5.41, 5.74) is 2.31. The minimum Gasteiger partial charge on any atom is -0.308 e. The summed E-state index contributed by atoms with van der Waals surface area (Å²) in [5.74, 6) is 0.864. The zero-order valence-corrected chi connectivity index (χ0v) is 12.5. The predicted molar refractivity (Wildman–Crippen MR) is 73.9 cm³/mol. The van der Waals surface area contributed by atoms with Gasteiger partial charge in [-0.05, 0) is 48.5 Å². The molecule has 1 aromatic heterocycles. The monoisotopic (exact) mass is 299 g/mol. The molecule has 1 heterocycles.